The molecule has 4 aromatic rings. The van der Waals surface area contributed by atoms with E-state index in [4.69, 9.17) is 8.83 Å². The van der Waals surface area contributed by atoms with Gasteiger partial charge >= 0.3 is 0 Å². The Bertz CT molecular complexity index is 1170. The van der Waals surface area contributed by atoms with Crippen molar-refractivity contribution in [3.63, 3.8) is 0 Å². The highest BCUT2D eigenvalue weighted by molar-refractivity contribution is 5.99. The number of nitrogens with zero attached hydrogens (tertiary/aromatic N) is 3. The Morgan fingerprint density at radius 3 is 2.59 bits per heavy atom. The Labute approximate surface area is 186 Å². The molecule has 4 heterocycles. The standard InChI is InChI=1S/C25H26N4O3/c1-18-11-12-23(32-18)24-20(17-29(27-24)19-8-3-2-4-9-19)25(30)26-16-21(22-10-7-15-31-22)28-13-5-6-14-28/h2-4,7-12,15,17,21H,5-6,13-14,16H2,1H3,(H,26,30)/t21-/m0/s1. The maximum Gasteiger partial charge on any atom is 0.255 e. The van der Waals surface area contributed by atoms with Crippen LogP contribution in [0.25, 0.3) is 17.1 Å². The summed E-state index contributed by atoms with van der Waals surface area (Å²) in [6.07, 6.45) is 5.77. The number of para-hydroxylation sites is 1. The van der Waals surface area contributed by atoms with Gasteiger partial charge in [-0.2, -0.15) is 5.10 Å². The zero-order valence-corrected chi connectivity index (χ0v) is 18.0. The van der Waals surface area contributed by atoms with E-state index in [0.717, 1.165) is 43.1 Å². The number of carbonyl (C=O) groups excluding carboxylic acids is 1. The lowest BCUT2D eigenvalue weighted by molar-refractivity contribution is 0.0934. The zero-order valence-electron chi connectivity index (χ0n) is 18.0. The van der Waals surface area contributed by atoms with Gasteiger partial charge in [-0.25, -0.2) is 4.68 Å². The molecule has 1 fully saturated rings. The Kier molecular flexibility index (Phi) is 5.64. The predicted molar refractivity (Wildman–Crippen MR) is 121 cm³/mol. The first-order valence-electron chi connectivity index (χ1n) is 11.0. The van der Waals surface area contributed by atoms with E-state index in [9.17, 15) is 4.79 Å². The summed E-state index contributed by atoms with van der Waals surface area (Å²) in [5.74, 6) is 2.03. The van der Waals surface area contributed by atoms with Crippen LogP contribution >= 0.6 is 0 Å². The van der Waals surface area contributed by atoms with E-state index >= 15 is 0 Å². The summed E-state index contributed by atoms with van der Waals surface area (Å²) in [6.45, 7) is 4.34. The first-order valence-corrected chi connectivity index (χ1v) is 11.0. The number of aryl methyl sites for hydroxylation is 1. The average molecular weight is 431 g/mol. The molecule has 0 bridgehead atoms. The molecule has 1 amide bonds. The van der Waals surface area contributed by atoms with Gasteiger partial charge < -0.3 is 14.2 Å². The molecule has 0 spiro atoms. The molecule has 1 saturated heterocycles. The van der Waals surface area contributed by atoms with Gasteiger partial charge in [-0.3, -0.25) is 9.69 Å². The highest BCUT2D eigenvalue weighted by Gasteiger charge is 2.27. The zero-order chi connectivity index (χ0) is 21.9. The molecule has 7 heteroatoms. The van der Waals surface area contributed by atoms with Crippen molar-refractivity contribution < 1.29 is 13.6 Å². The monoisotopic (exact) mass is 430 g/mol. The molecule has 1 aliphatic rings. The van der Waals surface area contributed by atoms with E-state index in [-0.39, 0.29) is 11.9 Å². The highest BCUT2D eigenvalue weighted by Crippen LogP contribution is 2.27. The molecule has 1 N–H and O–H groups in total. The molecule has 0 radical (unpaired) electrons. The maximum atomic E-state index is 13.3. The van der Waals surface area contributed by atoms with Crippen LogP contribution in [0.15, 0.2) is 75.9 Å². The van der Waals surface area contributed by atoms with Gasteiger partial charge in [0.05, 0.1) is 23.6 Å². The number of carbonyl (C=O) groups is 1. The van der Waals surface area contributed by atoms with Crippen LogP contribution in [0.1, 0.15) is 40.8 Å². The number of likely N-dealkylation sites (tertiary alicyclic amines) is 1. The van der Waals surface area contributed by atoms with Crippen molar-refractivity contribution in [1.82, 2.24) is 20.0 Å². The first kappa shape index (κ1) is 20.3. The minimum Gasteiger partial charge on any atom is -0.468 e. The summed E-state index contributed by atoms with van der Waals surface area (Å²) in [7, 11) is 0. The largest absolute Gasteiger partial charge is 0.468 e. The van der Waals surface area contributed by atoms with Crippen molar-refractivity contribution in [1.29, 1.82) is 0 Å². The smallest absolute Gasteiger partial charge is 0.255 e. The SMILES string of the molecule is Cc1ccc(-c2nn(-c3ccccc3)cc2C(=O)NC[C@@H](c2ccco2)N2CCCC2)o1. The normalized spacial score (nSPS) is 15.2. The second-order valence-corrected chi connectivity index (χ2v) is 8.07. The van der Waals surface area contributed by atoms with Gasteiger partial charge in [-0.1, -0.05) is 18.2 Å². The fourth-order valence-corrected chi connectivity index (χ4v) is 4.23. The number of amides is 1. The molecule has 0 aliphatic carbocycles. The molecule has 1 aromatic carbocycles. The number of rotatable bonds is 7. The first-order chi connectivity index (χ1) is 15.7. The van der Waals surface area contributed by atoms with Crippen LogP contribution in [-0.2, 0) is 0 Å². The van der Waals surface area contributed by atoms with Crippen molar-refractivity contribution in [2.75, 3.05) is 19.6 Å². The molecule has 1 atom stereocenters. The molecular weight excluding hydrogens is 404 g/mol. The molecular formula is C25H26N4O3. The number of furan rings is 2. The van der Waals surface area contributed by atoms with Gasteiger partial charge in [0, 0.05) is 12.7 Å². The van der Waals surface area contributed by atoms with Crippen LogP contribution in [0.2, 0.25) is 0 Å². The minimum atomic E-state index is -0.188. The lowest BCUT2D eigenvalue weighted by atomic mass is 10.1. The molecule has 32 heavy (non-hydrogen) atoms. The Hall–Kier alpha value is -3.58. The van der Waals surface area contributed by atoms with E-state index in [2.05, 4.69) is 15.3 Å². The molecule has 1 aliphatic heterocycles. The second kappa shape index (κ2) is 8.88. The third kappa shape index (κ3) is 4.11. The predicted octanol–water partition coefficient (Wildman–Crippen LogP) is 4.60. The summed E-state index contributed by atoms with van der Waals surface area (Å²) in [6, 6.07) is 17.3. The highest BCUT2D eigenvalue weighted by atomic mass is 16.3. The molecule has 164 valence electrons. The molecule has 5 rings (SSSR count). The number of aromatic nitrogens is 2. The van der Waals surface area contributed by atoms with Gasteiger partial charge in [0.25, 0.3) is 5.91 Å². The number of nitrogens with one attached hydrogen (secondary N) is 1. The van der Waals surface area contributed by atoms with Crippen LogP contribution in [0, 0.1) is 6.92 Å². The van der Waals surface area contributed by atoms with E-state index in [0.29, 0.717) is 23.6 Å². The summed E-state index contributed by atoms with van der Waals surface area (Å²) < 4.78 is 13.2. The summed E-state index contributed by atoms with van der Waals surface area (Å²) in [4.78, 5) is 15.7. The topological polar surface area (TPSA) is 76.4 Å². The van der Waals surface area contributed by atoms with Gasteiger partial charge in [-0.05, 0) is 69.3 Å². The van der Waals surface area contributed by atoms with Gasteiger partial charge in [0.2, 0.25) is 0 Å². The lowest BCUT2D eigenvalue weighted by Crippen LogP contribution is -2.36. The Morgan fingerprint density at radius 2 is 1.91 bits per heavy atom. The van der Waals surface area contributed by atoms with Crippen molar-refractivity contribution in [2.24, 2.45) is 0 Å². The molecule has 0 saturated carbocycles. The summed E-state index contributed by atoms with van der Waals surface area (Å²) in [5, 5.41) is 7.78. The van der Waals surface area contributed by atoms with E-state index < -0.39 is 0 Å². The van der Waals surface area contributed by atoms with Crippen LogP contribution in [-0.4, -0.2) is 40.2 Å². The van der Waals surface area contributed by atoms with E-state index in [1.54, 1.807) is 17.1 Å². The van der Waals surface area contributed by atoms with Crippen molar-refractivity contribution in [3.05, 3.63) is 84.1 Å². The summed E-state index contributed by atoms with van der Waals surface area (Å²) >= 11 is 0. The summed E-state index contributed by atoms with van der Waals surface area (Å²) in [5.41, 5.74) is 1.87. The van der Waals surface area contributed by atoms with Gasteiger partial charge in [0.1, 0.15) is 17.2 Å². The minimum absolute atomic E-state index is 0.00919. The third-order valence-corrected chi connectivity index (χ3v) is 5.86. The Morgan fingerprint density at radius 1 is 1.09 bits per heavy atom. The average Bonchev–Trinajstić information content (AvgIpc) is 3.61. The van der Waals surface area contributed by atoms with E-state index in [1.165, 1.54) is 0 Å². The van der Waals surface area contributed by atoms with Crippen molar-refractivity contribution >= 4 is 5.91 Å². The molecule has 3 aromatic heterocycles. The lowest BCUT2D eigenvalue weighted by Gasteiger charge is -2.25. The van der Waals surface area contributed by atoms with Crippen LogP contribution in [0.3, 0.4) is 0 Å². The van der Waals surface area contributed by atoms with Crippen molar-refractivity contribution in [2.45, 2.75) is 25.8 Å². The Balaban J connectivity index is 1.42. The third-order valence-electron chi connectivity index (χ3n) is 5.86. The second-order valence-electron chi connectivity index (χ2n) is 8.07. The molecule has 7 nitrogen and oxygen atoms in total. The van der Waals surface area contributed by atoms with Crippen LogP contribution < -0.4 is 5.32 Å². The van der Waals surface area contributed by atoms with Crippen LogP contribution in [0.4, 0.5) is 0 Å². The number of hydrogen-bond donors (Lipinski definition) is 1. The van der Waals surface area contributed by atoms with Gasteiger partial charge in [-0.15, -0.1) is 0 Å². The number of benzene rings is 1. The molecule has 0 unspecified atom stereocenters. The maximum absolute atomic E-state index is 13.3. The van der Waals surface area contributed by atoms with E-state index in [1.807, 2.05) is 61.5 Å². The quantitative estimate of drug-likeness (QED) is 0.464. The van der Waals surface area contributed by atoms with Crippen molar-refractivity contribution in [3.8, 4) is 17.1 Å². The fourth-order valence-electron chi connectivity index (χ4n) is 4.23. The van der Waals surface area contributed by atoms with Crippen LogP contribution in [0.5, 0.6) is 0 Å². The van der Waals surface area contributed by atoms with Gasteiger partial charge in [0.15, 0.2) is 5.76 Å². The number of hydrogen-bond acceptors (Lipinski definition) is 5. The fraction of sp³-hybridized carbons (Fsp3) is 0.280.